The molecule has 0 aromatic carbocycles. The van der Waals surface area contributed by atoms with Gasteiger partial charge >= 0.3 is 0 Å². The van der Waals surface area contributed by atoms with E-state index in [1.807, 2.05) is 32.2 Å². The second-order valence-corrected chi connectivity index (χ2v) is 7.49. The molecule has 3 aromatic rings. The monoisotopic (exact) mass is 371 g/mol. The van der Waals surface area contributed by atoms with Crippen LogP contribution in [0.4, 0.5) is 0 Å². The van der Waals surface area contributed by atoms with Crippen LogP contribution in [0.15, 0.2) is 29.2 Å². The molecule has 0 aliphatic carbocycles. The summed E-state index contributed by atoms with van der Waals surface area (Å²) in [6, 6.07) is 5.45. The number of halogens is 1. The fourth-order valence-electron chi connectivity index (χ4n) is 3.84. The van der Waals surface area contributed by atoms with E-state index in [-0.39, 0.29) is 11.5 Å². The van der Waals surface area contributed by atoms with Crippen molar-refractivity contribution in [2.45, 2.75) is 39.2 Å². The molecule has 1 fully saturated rings. The highest BCUT2D eigenvalue weighted by atomic mass is 35.5. The van der Waals surface area contributed by atoms with Crippen LogP contribution in [0.25, 0.3) is 5.65 Å². The van der Waals surface area contributed by atoms with Gasteiger partial charge < -0.3 is 9.38 Å². The number of H-pyrrole nitrogens is 1. The van der Waals surface area contributed by atoms with Crippen molar-refractivity contribution in [3.63, 3.8) is 0 Å². The van der Waals surface area contributed by atoms with Crippen LogP contribution in [0.1, 0.15) is 41.7 Å². The second-order valence-electron chi connectivity index (χ2n) is 7.05. The molecule has 6 nitrogen and oxygen atoms in total. The van der Waals surface area contributed by atoms with Crippen LogP contribution < -0.4 is 5.56 Å². The minimum Gasteiger partial charge on any atom is -0.311 e. The first-order chi connectivity index (χ1) is 12.5. The summed E-state index contributed by atoms with van der Waals surface area (Å²) < 4.78 is 2.08. The quantitative estimate of drug-likeness (QED) is 0.768. The Balaban J connectivity index is 1.58. The minimum atomic E-state index is -0.0723. The molecule has 0 amide bonds. The van der Waals surface area contributed by atoms with Gasteiger partial charge in [-0.3, -0.25) is 9.69 Å². The summed E-state index contributed by atoms with van der Waals surface area (Å²) in [5, 5.41) is 0.704. The molecule has 0 bridgehead atoms. The fraction of sp³-hybridized carbons (Fsp3) is 0.421. The molecule has 0 spiro atoms. The van der Waals surface area contributed by atoms with E-state index >= 15 is 0 Å². The zero-order valence-electron chi connectivity index (χ0n) is 15.0. The number of nitrogens with zero attached hydrogens (tertiary/aromatic N) is 4. The van der Waals surface area contributed by atoms with Crippen molar-refractivity contribution in [3.05, 3.63) is 62.7 Å². The van der Waals surface area contributed by atoms with Gasteiger partial charge in [-0.25, -0.2) is 9.97 Å². The molecule has 7 heteroatoms. The number of rotatable bonds is 3. The van der Waals surface area contributed by atoms with E-state index in [1.165, 1.54) is 0 Å². The van der Waals surface area contributed by atoms with Gasteiger partial charge in [0, 0.05) is 31.3 Å². The highest BCUT2D eigenvalue weighted by Gasteiger charge is 2.24. The first kappa shape index (κ1) is 17.2. The number of aryl methyl sites for hydroxylation is 2. The summed E-state index contributed by atoms with van der Waals surface area (Å²) >= 11 is 6.17. The maximum atomic E-state index is 11.8. The summed E-state index contributed by atoms with van der Waals surface area (Å²) in [5.41, 5.74) is 3.94. The SMILES string of the molecule is Cc1nc(C2CCCN(Cc3c(C)nc4ccc(Cl)cn34)C2)cc(=O)[nH]1. The van der Waals surface area contributed by atoms with Crippen molar-refractivity contribution >= 4 is 17.2 Å². The summed E-state index contributed by atoms with van der Waals surface area (Å²) in [5.74, 6) is 0.963. The number of piperidine rings is 1. The maximum Gasteiger partial charge on any atom is 0.251 e. The predicted molar refractivity (Wildman–Crippen MR) is 102 cm³/mol. The lowest BCUT2D eigenvalue weighted by Gasteiger charge is -2.32. The van der Waals surface area contributed by atoms with E-state index in [9.17, 15) is 4.79 Å². The van der Waals surface area contributed by atoms with Crippen LogP contribution in [0.3, 0.4) is 0 Å². The average Bonchev–Trinajstić information content (AvgIpc) is 2.90. The molecule has 1 aliphatic heterocycles. The third-order valence-electron chi connectivity index (χ3n) is 5.06. The summed E-state index contributed by atoms with van der Waals surface area (Å²) in [6.07, 6.45) is 4.08. The normalized spacial score (nSPS) is 18.5. The molecule has 4 rings (SSSR count). The summed E-state index contributed by atoms with van der Waals surface area (Å²) in [7, 11) is 0. The van der Waals surface area contributed by atoms with Crippen molar-refractivity contribution in [2.24, 2.45) is 0 Å². The van der Waals surface area contributed by atoms with Gasteiger partial charge in [-0.1, -0.05) is 11.6 Å². The third kappa shape index (κ3) is 3.39. The number of imidazole rings is 1. The second kappa shape index (κ2) is 6.85. The van der Waals surface area contributed by atoms with Crippen molar-refractivity contribution in [2.75, 3.05) is 13.1 Å². The van der Waals surface area contributed by atoms with Crippen LogP contribution in [0, 0.1) is 13.8 Å². The fourth-order valence-corrected chi connectivity index (χ4v) is 4.00. The number of aromatic amines is 1. The predicted octanol–water partition coefficient (Wildman–Crippen LogP) is 3.07. The van der Waals surface area contributed by atoms with Crippen molar-refractivity contribution in [1.82, 2.24) is 24.3 Å². The van der Waals surface area contributed by atoms with E-state index < -0.39 is 0 Å². The van der Waals surface area contributed by atoms with Crippen molar-refractivity contribution in [3.8, 4) is 0 Å². The lowest BCUT2D eigenvalue weighted by molar-refractivity contribution is 0.195. The van der Waals surface area contributed by atoms with Gasteiger partial charge in [0.15, 0.2) is 0 Å². The molecule has 1 atom stereocenters. The van der Waals surface area contributed by atoms with E-state index in [4.69, 9.17) is 11.6 Å². The highest BCUT2D eigenvalue weighted by molar-refractivity contribution is 6.30. The van der Waals surface area contributed by atoms with Gasteiger partial charge in [0.05, 0.1) is 22.1 Å². The molecule has 3 aromatic heterocycles. The van der Waals surface area contributed by atoms with E-state index in [1.54, 1.807) is 6.07 Å². The highest BCUT2D eigenvalue weighted by Crippen LogP contribution is 2.27. The Hall–Kier alpha value is -2.18. The zero-order chi connectivity index (χ0) is 18.3. The molecule has 26 heavy (non-hydrogen) atoms. The Kier molecular flexibility index (Phi) is 4.54. The molecule has 1 aliphatic rings. The number of aromatic nitrogens is 4. The number of fused-ring (bicyclic) bond motifs is 1. The number of pyridine rings is 1. The molecule has 1 saturated heterocycles. The minimum absolute atomic E-state index is 0.0723. The average molecular weight is 372 g/mol. The van der Waals surface area contributed by atoms with Gasteiger partial charge in [0.25, 0.3) is 5.56 Å². The Morgan fingerprint density at radius 3 is 2.96 bits per heavy atom. The Morgan fingerprint density at radius 2 is 2.15 bits per heavy atom. The van der Waals surface area contributed by atoms with Gasteiger partial charge in [0.1, 0.15) is 11.5 Å². The molecular formula is C19H22ClN5O. The molecule has 1 unspecified atom stereocenters. The molecule has 0 saturated carbocycles. The lowest BCUT2D eigenvalue weighted by Crippen LogP contribution is -2.35. The molecular weight excluding hydrogens is 350 g/mol. The number of hydrogen-bond acceptors (Lipinski definition) is 4. The molecule has 4 heterocycles. The first-order valence-electron chi connectivity index (χ1n) is 8.93. The summed E-state index contributed by atoms with van der Waals surface area (Å²) in [6.45, 7) is 6.61. The van der Waals surface area contributed by atoms with Crippen LogP contribution in [0.5, 0.6) is 0 Å². The van der Waals surface area contributed by atoms with Crippen LogP contribution >= 0.6 is 11.6 Å². The Morgan fingerprint density at radius 1 is 1.31 bits per heavy atom. The zero-order valence-corrected chi connectivity index (χ0v) is 15.8. The van der Waals surface area contributed by atoms with Crippen molar-refractivity contribution in [1.29, 1.82) is 0 Å². The first-order valence-corrected chi connectivity index (χ1v) is 9.31. The van der Waals surface area contributed by atoms with Gasteiger partial charge in [0.2, 0.25) is 0 Å². The van der Waals surface area contributed by atoms with Crippen molar-refractivity contribution < 1.29 is 0 Å². The molecule has 0 radical (unpaired) electrons. The van der Waals surface area contributed by atoms with Crippen LogP contribution in [0.2, 0.25) is 5.02 Å². The van der Waals surface area contributed by atoms with Gasteiger partial charge in [-0.15, -0.1) is 0 Å². The third-order valence-corrected chi connectivity index (χ3v) is 5.28. The van der Waals surface area contributed by atoms with Crippen LogP contribution in [-0.4, -0.2) is 37.3 Å². The number of likely N-dealkylation sites (tertiary alicyclic amines) is 1. The molecule has 1 N–H and O–H groups in total. The van der Waals surface area contributed by atoms with Gasteiger partial charge in [-0.2, -0.15) is 0 Å². The Bertz CT molecular complexity index is 1010. The summed E-state index contributed by atoms with van der Waals surface area (Å²) in [4.78, 5) is 26.1. The van der Waals surface area contributed by atoms with Gasteiger partial charge in [-0.05, 0) is 45.4 Å². The largest absolute Gasteiger partial charge is 0.311 e. The number of nitrogens with one attached hydrogen (secondary N) is 1. The standard InChI is InChI=1S/C19H22ClN5O/c1-12-17(25-10-15(20)5-6-18(25)21-12)11-24-7-3-4-14(9-24)16-8-19(26)23-13(2)22-16/h5-6,8,10,14H,3-4,7,9,11H2,1-2H3,(H,22,23,26). The van der Waals surface area contributed by atoms with E-state index in [0.717, 1.165) is 55.2 Å². The topological polar surface area (TPSA) is 66.3 Å². The van der Waals surface area contributed by atoms with Crippen LogP contribution in [-0.2, 0) is 6.54 Å². The van der Waals surface area contributed by atoms with E-state index in [2.05, 4.69) is 24.3 Å². The maximum absolute atomic E-state index is 11.8. The Labute approximate surface area is 156 Å². The lowest BCUT2D eigenvalue weighted by atomic mass is 9.94. The number of hydrogen-bond donors (Lipinski definition) is 1. The van der Waals surface area contributed by atoms with E-state index in [0.29, 0.717) is 10.8 Å². The molecule has 136 valence electrons. The smallest absolute Gasteiger partial charge is 0.251 e.